The van der Waals surface area contributed by atoms with Crippen LogP contribution >= 0.6 is 0 Å². The van der Waals surface area contributed by atoms with Gasteiger partial charge in [0.25, 0.3) is 0 Å². The Hall–Kier alpha value is -1.30. The van der Waals surface area contributed by atoms with Crippen molar-refractivity contribution in [1.29, 1.82) is 0 Å². The van der Waals surface area contributed by atoms with Gasteiger partial charge >= 0.3 is 0 Å². The highest BCUT2D eigenvalue weighted by atomic mass is 14.0. The standard InChI is InChI=1S/C13H14.3CH4/c1-2-6-11-8-5-9-12-7-3-4-10-13(11)12;;;/h3-5,7-10H,2,6H2,1H3;3*1H4. The molecule has 0 N–H and O–H groups in total. The van der Waals surface area contributed by atoms with Gasteiger partial charge in [-0.25, -0.2) is 0 Å². The minimum Gasteiger partial charge on any atom is -0.0776 e. The summed E-state index contributed by atoms with van der Waals surface area (Å²) in [6, 6.07) is 15.1. The molecule has 0 aliphatic heterocycles. The highest BCUT2D eigenvalue weighted by Crippen LogP contribution is 2.19. The summed E-state index contributed by atoms with van der Waals surface area (Å²) in [5.41, 5.74) is 1.47. The number of hydrogen-bond donors (Lipinski definition) is 0. The van der Waals surface area contributed by atoms with E-state index in [4.69, 9.17) is 0 Å². The van der Waals surface area contributed by atoms with Crippen molar-refractivity contribution in [3.8, 4) is 0 Å². The quantitative estimate of drug-likeness (QED) is 0.606. The maximum Gasteiger partial charge on any atom is -0.0152 e. The summed E-state index contributed by atoms with van der Waals surface area (Å²) >= 11 is 0. The second-order valence-corrected chi connectivity index (χ2v) is 3.39. The van der Waals surface area contributed by atoms with Crippen molar-refractivity contribution in [3.63, 3.8) is 0 Å². The molecule has 0 aliphatic carbocycles. The minimum atomic E-state index is 0. The van der Waals surface area contributed by atoms with Gasteiger partial charge in [0.05, 0.1) is 0 Å². The first-order chi connectivity index (χ1) is 6.42. The van der Waals surface area contributed by atoms with Gasteiger partial charge in [0.2, 0.25) is 0 Å². The van der Waals surface area contributed by atoms with Gasteiger partial charge in [-0.05, 0) is 22.8 Å². The number of rotatable bonds is 2. The average molecular weight is 218 g/mol. The third-order valence-electron chi connectivity index (χ3n) is 2.40. The molecule has 0 fully saturated rings. The molecule has 0 radical (unpaired) electrons. The Kier molecular flexibility index (Phi) is 8.47. The zero-order valence-electron chi connectivity index (χ0n) is 7.96. The van der Waals surface area contributed by atoms with E-state index in [2.05, 4.69) is 49.4 Å². The summed E-state index contributed by atoms with van der Waals surface area (Å²) in [5, 5.41) is 2.76. The van der Waals surface area contributed by atoms with E-state index in [1.165, 1.54) is 29.2 Å². The highest BCUT2D eigenvalue weighted by Gasteiger charge is 1.97. The molecule has 0 spiro atoms. The monoisotopic (exact) mass is 218 g/mol. The summed E-state index contributed by atoms with van der Waals surface area (Å²) in [4.78, 5) is 0. The highest BCUT2D eigenvalue weighted by molar-refractivity contribution is 5.85. The van der Waals surface area contributed by atoms with Crippen LogP contribution < -0.4 is 0 Å². The minimum absolute atomic E-state index is 0. The van der Waals surface area contributed by atoms with Crippen LogP contribution in [-0.2, 0) is 6.42 Å². The molecule has 2 rings (SSSR count). The summed E-state index contributed by atoms with van der Waals surface area (Å²) in [6.45, 7) is 2.22. The third-order valence-corrected chi connectivity index (χ3v) is 2.40. The van der Waals surface area contributed by atoms with Crippen molar-refractivity contribution in [2.24, 2.45) is 0 Å². The molecule has 90 valence electrons. The Balaban J connectivity index is 0. The number of benzene rings is 2. The maximum atomic E-state index is 2.23. The molecule has 0 bridgehead atoms. The summed E-state index contributed by atoms with van der Waals surface area (Å²) < 4.78 is 0. The molecule has 0 atom stereocenters. The second kappa shape index (κ2) is 7.92. The fourth-order valence-corrected chi connectivity index (χ4v) is 1.78. The molecule has 2 aromatic rings. The predicted octanol–water partition coefficient (Wildman–Crippen LogP) is 5.70. The van der Waals surface area contributed by atoms with Gasteiger partial charge in [0, 0.05) is 0 Å². The molecular formula is C16H26. The Morgan fingerprint density at radius 3 is 2.12 bits per heavy atom. The summed E-state index contributed by atoms with van der Waals surface area (Å²) in [7, 11) is 0. The smallest absolute Gasteiger partial charge is 0.0152 e. The van der Waals surface area contributed by atoms with E-state index in [0.717, 1.165) is 0 Å². The van der Waals surface area contributed by atoms with E-state index in [-0.39, 0.29) is 22.3 Å². The van der Waals surface area contributed by atoms with Crippen molar-refractivity contribution in [2.75, 3.05) is 0 Å². The fourth-order valence-electron chi connectivity index (χ4n) is 1.78. The van der Waals surface area contributed by atoms with E-state index >= 15 is 0 Å². The van der Waals surface area contributed by atoms with Crippen LogP contribution in [0.5, 0.6) is 0 Å². The zero-order chi connectivity index (χ0) is 9.10. The van der Waals surface area contributed by atoms with Gasteiger partial charge < -0.3 is 0 Å². The lowest BCUT2D eigenvalue weighted by Crippen LogP contribution is -1.84. The fraction of sp³-hybridized carbons (Fsp3) is 0.375. The zero-order valence-corrected chi connectivity index (χ0v) is 7.96. The van der Waals surface area contributed by atoms with Gasteiger partial charge in [0.1, 0.15) is 0 Å². The normalized spacial score (nSPS) is 8.56. The molecule has 0 saturated carbocycles. The van der Waals surface area contributed by atoms with Crippen molar-refractivity contribution in [2.45, 2.75) is 42.0 Å². The molecular weight excluding hydrogens is 192 g/mol. The molecule has 0 nitrogen and oxygen atoms in total. The van der Waals surface area contributed by atoms with E-state index < -0.39 is 0 Å². The van der Waals surface area contributed by atoms with E-state index in [0.29, 0.717) is 0 Å². The topological polar surface area (TPSA) is 0 Å². The third kappa shape index (κ3) is 3.37. The molecule has 0 heteroatoms. The number of fused-ring (bicyclic) bond motifs is 1. The maximum absolute atomic E-state index is 2.23. The van der Waals surface area contributed by atoms with Crippen molar-refractivity contribution in [1.82, 2.24) is 0 Å². The van der Waals surface area contributed by atoms with Crippen LogP contribution in [0.3, 0.4) is 0 Å². The second-order valence-electron chi connectivity index (χ2n) is 3.39. The average Bonchev–Trinajstić information content (AvgIpc) is 2.19. The first-order valence-electron chi connectivity index (χ1n) is 4.88. The lowest BCUT2D eigenvalue weighted by molar-refractivity contribution is 0.930. The van der Waals surface area contributed by atoms with E-state index in [1.807, 2.05) is 0 Å². The SMILES string of the molecule is C.C.C.CCCc1cccc2ccccc12. The van der Waals surface area contributed by atoms with Gasteiger partial charge in [-0.2, -0.15) is 0 Å². The van der Waals surface area contributed by atoms with Gasteiger partial charge in [-0.1, -0.05) is 78.1 Å². The molecule has 16 heavy (non-hydrogen) atoms. The Morgan fingerprint density at radius 1 is 0.812 bits per heavy atom. The molecule has 0 aliphatic rings. The number of aryl methyl sites for hydroxylation is 1. The van der Waals surface area contributed by atoms with E-state index in [1.54, 1.807) is 0 Å². The van der Waals surface area contributed by atoms with Gasteiger partial charge in [-0.3, -0.25) is 0 Å². The largest absolute Gasteiger partial charge is 0.0776 e. The molecule has 0 amide bonds. The van der Waals surface area contributed by atoms with Gasteiger partial charge in [-0.15, -0.1) is 0 Å². The van der Waals surface area contributed by atoms with Crippen LogP contribution in [0.1, 0.15) is 41.2 Å². The van der Waals surface area contributed by atoms with Crippen LogP contribution in [-0.4, -0.2) is 0 Å². The lowest BCUT2D eigenvalue weighted by Gasteiger charge is -2.03. The first kappa shape index (κ1) is 17.1. The first-order valence-corrected chi connectivity index (χ1v) is 4.88. The summed E-state index contributed by atoms with van der Waals surface area (Å²) in [6.07, 6.45) is 2.40. The van der Waals surface area contributed by atoms with Crippen LogP contribution in [0.15, 0.2) is 42.5 Å². The molecule has 0 aromatic heterocycles. The van der Waals surface area contributed by atoms with Crippen molar-refractivity contribution < 1.29 is 0 Å². The molecule has 0 heterocycles. The van der Waals surface area contributed by atoms with Crippen molar-refractivity contribution in [3.05, 3.63) is 48.0 Å². The molecule has 0 unspecified atom stereocenters. The molecule has 2 aromatic carbocycles. The predicted molar refractivity (Wildman–Crippen MR) is 78.1 cm³/mol. The molecule has 0 saturated heterocycles. The van der Waals surface area contributed by atoms with Crippen LogP contribution in [0.4, 0.5) is 0 Å². The van der Waals surface area contributed by atoms with Crippen molar-refractivity contribution >= 4 is 10.8 Å². The van der Waals surface area contributed by atoms with Crippen LogP contribution in [0.25, 0.3) is 10.8 Å². The van der Waals surface area contributed by atoms with Crippen LogP contribution in [0, 0.1) is 0 Å². The Bertz CT molecular complexity index is 396. The number of hydrogen-bond acceptors (Lipinski definition) is 0. The van der Waals surface area contributed by atoms with E-state index in [9.17, 15) is 0 Å². The lowest BCUT2D eigenvalue weighted by atomic mass is 10.0. The Labute approximate surface area is 101 Å². The summed E-state index contributed by atoms with van der Waals surface area (Å²) in [5.74, 6) is 0. The van der Waals surface area contributed by atoms with Crippen LogP contribution in [0.2, 0.25) is 0 Å². The van der Waals surface area contributed by atoms with Gasteiger partial charge in [0.15, 0.2) is 0 Å². The Morgan fingerprint density at radius 2 is 1.44 bits per heavy atom.